The molecule has 0 aromatic rings. The maximum Gasteiger partial charge on any atom is 0.240 e. The summed E-state index contributed by atoms with van der Waals surface area (Å²) in [5.41, 5.74) is 0. The van der Waals surface area contributed by atoms with Crippen molar-refractivity contribution in [3.63, 3.8) is 0 Å². The van der Waals surface area contributed by atoms with Crippen molar-refractivity contribution in [2.45, 2.75) is 63.5 Å². The summed E-state index contributed by atoms with van der Waals surface area (Å²) in [5, 5.41) is 0. The Morgan fingerprint density at radius 3 is 2.25 bits per heavy atom. The molecule has 0 bridgehead atoms. The van der Waals surface area contributed by atoms with E-state index in [9.17, 15) is 4.79 Å². The van der Waals surface area contributed by atoms with Crippen LogP contribution in [0.1, 0.15) is 51.4 Å². The number of rotatable bonds is 5. The zero-order chi connectivity index (χ0) is 16.8. The number of amides is 1. The molecular formula is C19H35N3O2. The molecule has 5 nitrogen and oxygen atoms in total. The molecular weight excluding hydrogens is 302 g/mol. The molecule has 0 spiro atoms. The van der Waals surface area contributed by atoms with Gasteiger partial charge in [-0.3, -0.25) is 14.6 Å². The molecule has 3 fully saturated rings. The van der Waals surface area contributed by atoms with Crippen molar-refractivity contribution in [1.82, 2.24) is 14.7 Å². The monoisotopic (exact) mass is 337 g/mol. The number of hydrogen-bond donors (Lipinski definition) is 0. The Hall–Kier alpha value is -0.650. The highest BCUT2D eigenvalue weighted by atomic mass is 16.5. The Labute approximate surface area is 147 Å². The lowest BCUT2D eigenvalue weighted by molar-refractivity contribution is -0.137. The average molecular weight is 338 g/mol. The van der Waals surface area contributed by atoms with Gasteiger partial charge < -0.3 is 9.64 Å². The van der Waals surface area contributed by atoms with E-state index < -0.39 is 0 Å². The summed E-state index contributed by atoms with van der Waals surface area (Å²) in [6.07, 6.45) is 10.6. The van der Waals surface area contributed by atoms with Crippen LogP contribution in [-0.4, -0.2) is 85.7 Å². The molecule has 24 heavy (non-hydrogen) atoms. The van der Waals surface area contributed by atoms with Gasteiger partial charge in [-0.2, -0.15) is 0 Å². The molecule has 0 N–H and O–H groups in total. The van der Waals surface area contributed by atoms with E-state index in [4.69, 9.17) is 4.74 Å². The fourth-order valence-corrected chi connectivity index (χ4v) is 4.38. The summed E-state index contributed by atoms with van der Waals surface area (Å²) in [6, 6.07) is 0.134. The summed E-state index contributed by atoms with van der Waals surface area (Å²) in [4.78, 5) is 19.4. The molecule has 2 saturated heterocycles. The first kappa shape index (κ1) is 18.2. The van der Waals surface area contributed by atoms with Gasteiger partial charge in [0, 0.05) is 32.7 Å². The zero-order valence-electron chi connectivity index (χ0n) is 15.4. The van der Waals surface area contributed by atoms with Gasteiger partial charge in [0.15, 0.2) is 0 Å². The van der Waals surface area contributed by atoms with Crippen LogP contribution in [0.4, 0.5) is 0 Å². The van der Waals surface area contributed by atoms with E-state index in [0.717, 1.165) is 58.7 Å². The van der Waals surface area contributed by atoms with Gasteiger partial charge in [0.05, 0.1) is 18.8 Å². The molecule has 2 aliphatic heterocycles. The summed E-state index contributed by atoms with van der Waals surface area (Å²) in [7, 11) is 2.08. The highest BCUT2D eigenvalue weighted by molar-refractivity contribution is 5.82. The second-order valence-electron chi connectivity index (χ2n) is 7.79. The van der Waals surface area contributed by atoms with Crippen LogP contribution >= 0.6 is 0 Å². The first-order valence-electron chi connectivity index (χ1n) is 10.1. The molecule has 1 aliphatic carbocycles. The fourth-order valence-electron chi connectivity index (χ4n) is 4.38. The van der Waals surface area contributed by atoms with E-state index in [0.29, 0.717) is 12.0 Å². The molecule has 0 aromatic carbocycles. The molecule has 0 aromatic heterocycles. The maximum atomic E-state index is 12.6. The van der Waals surface area contributed by atoms with E-state index in [2.05, 4.69) is 21.7 Å². The molecule has 2 heterocycles. The molecule has 0 radical (unpaired) electrons. The predicted molar refractivity (Wildman–Crippen MR) is 96.1 cm³/mol. The molecule has 1 saturated carbocycles. The predicted octanol–water partition coefficient (Wildman–Crippen LogP) is 1.96. The molecule has 138 valence electrons. The van der Waals surface area contributed by atoms with Crippen LogP contribution in [0, 0.1) is 0 Å². The van der Waals surface area contributed by atoms with Crippen LogP contribution in [-0.2, 0) is 9.53 Å². The van der Waals surface area contributed by atoms with Crippen LogP contribution in [0.25, 0.3) is 0 Å². The van der Waals surface area contributed by atoms with Crippen molar-refractivity contribution in [2.24, 2.45) is 0 Å². The third kappa shape index (κ3) is 4.93. The van der Waals surface area contributed by atoms with Crippen molar-refractivity contribution in [2.75, 3.05) is 52.9 Å². The lowest BCUT2D eigenvalue weighted by Crippen LogP contribution is -2.53. The Kier molecular flexibility index (Phi) is 6.93. The highest BCUT2D eigenvalue weighted by Crippen LogP contribution is 2.20. The second kappa shape index (κ2) is 9.16. The highest BCUT2D eigenvalue weighted by Gasteiger charge is 2.32. The van der Waals surface area contributed by atoms with E-state index in [1.165, 1.54) is 38.5 Å². The Bertz CT molecular complexity index is 388. The third-order valence-corrected chi connectivity index (χ3v) is 6.05. The topological polar surface area (TPSA) is 36.0 Å². The number of likely N-dealkylation sites (N-methyl/N-ethyl adjacent to an activating group) is 1. The molecule has 5 heteroatoms. The normalized spacial score (nSPS) is 28.2. The van der Waals surface area contributed by atoms with Gasteiger partial charge in [0.1, 0.15) is 0 Å². The van der Waals surface area contributed by atoms with Crippen molar-refractivity contribution in [3.05, 3.63) is 0 Å². The van der Waals surface area contributed by atoms with Crippen molar-refractivity contribution in [1.29, 1.82) is 0 Å². The molecule has 3 aliphatic rings. The quantitative estimate of drug-likeness (QED) is 0.719. The van der Waals surface area contributed by atoms with Crippen molar-refractivity contribution < 1.29 is 9.53 Å². The summed E-state index contributed by atoms with van der Waals surface area (Å²) >= 11 is 0. The lowest BCUT2D eigenvalue weighted by Gasteiger charge is -2.37. The van der Waals surface area contributed by atoms with Crippen molar-refractivity contribution in [3.8, 4) is 0 Å². The largest absolute Gasteiger partial charge is 0.377 e. The van der Waals surface area contributed by atoms with Gasteiger partial charge in [-0.05, 0) is 39.3 Å². The van der Waals surface area contributed by atoms with Crippen LogP contribution in [0.2, 0.25) is 0 Å². The standard InChI is InChI=1S/C19H35N3O2/c1-20-10-6-9-18(20)19(23)22-13-11-21(12-14-22)15-16-24-17-7-4-2-3-5-8-17/h17-18H,2-16H2,1H3/t18-/m1/s1. The first-order chi connectivity index (χ1) is 11.7. The van der Waals surface area contributed by atoms with Gasteiger partial charge in [-0.25, -0.2) is 0 Å². The van der Waals surface area contributed by atoms with Gasteiger partial charge in [-0.15, -0.1) is 0 Å². The van der Waals surface area contributed by atoms with Crippen LogP contribution in [0.15, 0.2) is 0 Å². The molecule has 3 rings (SSSR count). The number of nitrogens with zero attached hydrogens (tertiary/aromatic N) is 3. The van der Waals surface area contributed by atoms with E-state index in [1.807, 2.05) is 0 Å². The van der Waals surface area contributed by atoms with E-state index in [1.54, 1.807) is 0 Å². The van der Waals surface area contributed by atoms with E-state index in [-0.39, 0.29) is 6.04 Å². The minimum Gasteiger partial charge on any atom is -0.377 e. The average Bonchev–Trinajstić information content (AvgIpc) is 2.86. The van der Waals surface area contributed by atoms with Gasteiger partial charge >= 0.3 is 0 Å². The first-order valence-corrected chi connectivity index (χ1v) is 10.1. The number of piperazine rings is 1. The zero-order valence-corrected chi connectivity index (χ0v) is 15.4. The van der Waals surface area contributed by atoms with Crippen molar-refractivity contribution >= 4 is 5.91 Å². The molecule has 0 unspecified atom stereocenters. The number of ether oxygens (including phenoxy) is 1. The van der Waals surface area contributed by atoms with Gasteiger partial charge in [0.25, 0.3) is 0 Å². The number of likely N-dealkylation sites (tertiary alicyclic amines) is 1. The van der Waals surface area contributed by atoms with E-state index >= 15 is 0 Å². The summed E-state index contributed by atoms with van der Waals surface area (Å²) < 4.78 is 6.11. The van der Waals surface area contributed by atoms with Gasteiger partial charge in [-0.1, -0.05) is 25.7 Å². The SMILES string of the molecule is CN1CCC[C@@H]1C(=O)N1CCN(CCOC2CCCCCC2)CC1. The fraction of sp³-hybridized carbons (Fsp3) is 0.947. The lowest BCUT2D eigenvalue weighted by atomic mass is 10.1. The summed E-state index contributed by atoms with van der Waals surface area (Å²) in [5.74, 6) is 0.351. The van der Waals surface area contributed by atoms with Crippen LogP contribution < -0.4 is 0 Å². The number of carbonyl (C=O) groups is 1. The maximum absolute atomic E-state index is 12.6. The Morgan fingerprint density at radius 1 is 0.917 bits per heavy atom. The minimum atomic E-state index is 0.134. The molecule has 1 atom stereocenters. The third-order valence-electron chi connectivity index (χ3n) is 6.05. The Morgan fingerprint density at radius 2 is 1.62 bits per heavy atom. The number of carbonyl (C=O) groups excluding carboxylic acids is 1. The second-order valence-corrected chi connectivity index (χ2v) is 7.79. The molecule has 1 amide bonds. The van der Waals surface area contributed by atoms with Crippen LogP contribution in [0.3, 0.4) is 0 Å². The number of hydrogen-bond acceptors (Lipinski definition) is 4. The van der Waals surface area contributed by atoms with Crippen LogP contribution in [0.5, 0.6) is 0 Å². The summed E-state index contributed by atoms with van der Waals surface area (Å²) in [6.45, 7) is 6.69. The smallest absolute Gasteiger partial charge is 0.240 e. The Balaban J connectivity index is 1.32. The minimum absolute atomic E-state index is 0.134. The van der Waals surface area contributed by atoms with Gasteiger partial charge in [0.2, 0.25) is 5.91 Å².